The SMILES string of the molecule is CCC1(OC(=O)CC(O)CC2CC3CC2C(C)C3C)CC2CCC1C2. The summed E-state index contributed by atoms with van der Waals surface area (Å²) in [4.78, 5) is 12.5. The van der Waals surface area contributed by atoms with Gasteiger partial charge in [-0.05, 0) is 92.8 Å². The van der Waals surface area contributed by atoms with Crippen LogP contribution in [0.2, 0.25) is 0 Å². The lowest BCUT2D eigenvalue weighted by atomic mass is 9.74. The highest BCUT2D eigenvalue weighted by Gasteiger charge is 2.53. The highest BCUT2D eigenvalue weighted by Crippen LogP contribution is 2.56. The second-order valence-corrected chi connectivity index (χ2v) is 9.94. The summed E-state index contributed by atoms with van der Waals surface area (Å²) < 4.78 is 6.02. The number of rotatable bonds is 6. The molecular weight excluding hydrogens is 312 g/mol. The lowest BCUT2D eigenvalue weighted by Gasteiger charge is -2.37. The number of ether oxygens (including phenoxy) is 1. The second kappa shape index (κ2) is 6.55. The van der Waals surface area contributed by atoms with Gasteiger partial charge in [-0.3, -0.25) is 4.79 Å². The molecule has 0 amide bonds. The Hall–Kier alpha value is -0.570. The van der Waals surface area contributed by atoms with Crippen LogP contribution in [-0.4, -0.2) is 22.8 Å². The second-order valence-electron chi connectivity index (χ2n) is 9.94. The van der Waals surface area contributed by atoms with E-state index in [0.717, 1.165) is 48.9 Å². The van der Waals surface area contributed by atoms with Crippen molar-refractivity contribution < 1.29 is 14.6 Å². The number of aliphatic hydroxyl groups excluding tert-OH is 1. The van der Waals surface area contributed by atoms with Gasteiger partial charge in [0.05, 0.1) is 12.5 Å². The Morgan fingerprint density at radius 3 is 2.56 bits per heavy atom. The van der Waals surface area contributed by atoms with Crippen molar-refractivity contribution in [1.29, 1.82) is 0 Å². The van der Waals surface area contributed by atoms with Crippen molar-refractivity contribution in [1.82, 2.24) is 0 Å². The maximum atomic E-state index is 12.5. The first kappa shape index (κ1) is 17.8. The molecule has 0 aromatic heterocycles. The summed E-state index contributed by atoms with van der Waals surface area (Å²) in [5.41, 5.74) is -0.212. The van der Waals surface area contributed by atoms with E-state index in [1.54, 1.807) is 0 Å². The summed E-state index contributed by atoms with van der Waals surface area (Å²) in [7, 11) is 0. The van der Waals surface area contributed by atoms with Crippen LogP contribution in [0.3, 0.4) is 0 Å². The Morgan fingerprint density at radius 2 is 2.00 bits per heavy atom. The average Bonchev–Trinajstić information content (AvgIpc) is 3.30. The third-order valence-electron chi connectivity index (χ3n) is 8.85. The summed E-state index contributed by atoms with van der Waals surface area (Å²) in [5.74, 6) is 5.01. The molecule has 0 aromatic carbocycles. The average molecular weight is 349 g/mol. The first-order chi connectivity index (χ1) is 11.9. The maximum absolute atomic E-state index is 12.5. The molecule has 25 heavy (non-hydrogen) atoms. The molecular formula is C22H36O3. The van der Waals surface area contributed by atoms with E-state index in [1.807, 2.05) is 0 Å². The molecule has 4 saturated carbocycles. The third kappa shape index (κ3) is 3.05. The van der Waals surface area contributed by atoms with E-state index in [0.29, 0.717) is 11.8 Å². The number of carbonyl (C=O) groups excluding carboxylic acids is 1. The van der Waals surface area contributed by atoms with Crippen molar-refractivity contribution in [2.75, 3.05) is 0 Å². The smallest absolute Gasteiger partial charge is 0.308 e. The fourth-order valence-corrected chi connectivity index (χ4v) is 7.28. The Kier molecular flexibility index (Phi) is 4.67. The van der Waals surface area contributed by atoms with Crippen LogP contribution in [0.4, 0.5) is 0 Å². The monoisotopic (exact) mass is 348 g/mol. The largest absolute Gasteiger partial charge is 0.459 e. The number of hydrogen-bond donors (Lipinski definition) is 1. The van der Waals surface area contributed by atoms with Crippen LogP contribution < -0.4 is 0 Å². The minimum atomic E-state index is -0.521. The summed E-state index contributed by atoms with van der Waals surface area (Å²) in [6.45, 7) is 6.92. The number of esters is 1. The minimum Gasteiger partial charge on any atom is -0.459 e. The first-order valence-corrected chi connectivity index (χ1v) is 10.8. The molecule has 3 nitrogen and oxygen atoms in total. The summed E-state index contributed by atoms with van der Waals surface area (Å²) in [5, 5.41) is 10.5. The lowest BCUT2D eigenvalue weighted by Crippen LogP contribution is -2.40. The molecule has 142 valence electrons. The third-order valence-corrected chi connectivity index (χ3v) is 8.85. The van der Waals surface area contributed by atoms with Gasteiger partial charge in [-0.1, -0.05) is 20.8 Å². The van der Waals surface area contributed by atoms with Gasteiger partial charge in [0.15, 0.2) is 0 Å². The normalized spacial score (nSPS) is 48.9. The van der Waals surface area contributed by atoms with Gasteiger partial charge in [0.25, 0.3) is 0 Å². The summed E-state index contributed by atoms with van der Waals surface area (Å²) >= 11 is 0. The first-order valence-electron chi connectivity index (χ1n) is 10.8. The number of hydrogen-bond acceptors (Lipinski definition) is 3. The molecule has 4 fully saturated rings. The van der Waals surface area contributed by atoms with Crippen LogP contribution in [0, 0.1) is 41.4 Å². The van der Waals surface area contributed by atoms with Gasteiger partial charge in [0, 0.05) is 0 Å². The highest BCUT2D eigenvalue weighted by molar-refractivity contribution is 5.70. The Labute approximate surface area is 152 Å². The summed E-state index contributed by atoms with van der Waals surface area (Å²) in [6.07, 6.45) is 8.81. The van der Waals surface area contributed by atoms with Crippen LogP contribution in [0.1, 0.15) is 78.6 Å². The van der Waals surface area contributed by atoms with Crippen molar-refractivity contribution in [2.24, 2.45) is 41.4 Å². The van der Waals surface area contributed by atoms with E-state index < -0.39 is 6.10 Å². The molecule has 0 aromatic rings. The van der Waals surface area contributed by atoms with Crippen LogP contribution in [0.25, 0.3) is 0 Å². The zero-order valence-electron chi connectivity index (χ0n) is 16.2. The molecule has 9 atom stereocenters. The molecule has 4 rings (SSSR count). The molecule has 0 spiro atoms. The van der Waals surface area contributed by atoms with Crippen molar-refractivity contribution >= 4 is 5.97 Å². The predicted molar refractivity (Wildman–Crippen MR) is 97.8 cm³/mol. The fourth-order valence-electron chi connectivity index (χ4n) is 7.28. The van der Waals surface area contributed by atoms with E-state index in [1.165, 1.54) is 32.1 Å². The van der Waals surface area contributed by atoms with E-state index >= 15 is 0 Å². The minimum absolute atomic E-state index is 0.161. The molecule has 0 radical (unpaired) electrons. The van der Waals surface area contributed by atoms with Crippen LogP contribution >= 0.6 is 0 Å². The topological polar surface area (TPSA) is 46.5 Å². The molecule has 4 bridgehead atoms. The van der Waals surface area contributed by atoms with Gasteiger partial charge >= 0.3 is 5.97 Å². The number of fused-ring (bicyclic) bond motifs is 4. The Balaban J connectivity index is 1.28. The van der Waals surface area contributed by atoms with E-state index in [4.69, 9.17) is 4.74 Å². The predicted octanol–water partition coefficient (Wildman–Crippen LogP) is 4.57. The summed E-state index contributed by atoms with van der Waals surface area (Å²) in [6, 6.07) is 0. The van der Waals surface area contributed by atoms with E-state index in [9.17, 15) is 9.90 Å². The maximum Gasteiger partial charge on any atom is 0.308 e. The van der Waals surface area contributed by atoms with E-state index in [2.05, 4.69) is 20.8 Å². The van der Waals surface area contributed by atoms with Crippen molar-refractivity contribution in [2.45, 2.75) is 90.3 Å². The number of aliphatic hydroxyl groups is 1. The van der Waals surface area contributed by atoms with Crippen molar-refractivity contribution in [3.63, 3.8) is 0 Å². The van der Waals surface area contributed by atoms with Crippen LogP contribution in [-0.2, 0) is 9.53 Å². The van der Waals surface area contributed by atoms with Crippen LogP contribution in [0.15, 0.2) is 0 Å². The van der Waals surface area contributed by atoms with Gasteiger partial charge in [0.2, 0.25) is 0 Å². The quantitative estimate of drug-likeness (QED) is 0.715. The Bertz CT molecular complexity index is 515. The molecule has 0 saturated heterocycles. The Morgan fingerprint density at radius 1 is 1.20 bits per heavy atom. The molecule has 4 aliphatic rings. The highest BCUT2D eigenvalue weighted by atomic mass is 16.6. The van der Waals surface area contributed by atoms with E-state index in [-0.39, 0.29) is 18.0 Å². The molecule has 1 N–H and O–H groups in total. The lowest BCUT2D eigenvalue weighted by molar-refractivity contribution is -0.169. The fraction of sp³-hybridized carbons (Fsp3) is 0.955. The van der Waals surface area contributed by atoms with Gasteiger partial charge < -0.3 is 9.84 Å². The molecule has 0 heterocycles. The van der Waals surface area contributed by atoms with Gasteiger partial charge in [-0.2, -0.15) is 0 Å². The standard InChI is InChI=1S/C22H36O3/c1-4-22(12-15-5-6-18(22)7-15)25-21(24)11-19(23)9-17-8-16-10-20(17)14(3)13(16)2/h13-20,23H,4-12H2,1-3H3. The zero-order valence-corrected chi connectivity index (χ0v) is 16.2. The molecule has 4 aliphatic carbocycles. The van der Waals surface area contributed by atoms with Gasteiger partial charge in [-0.25, -0.2) is 0 Å². The van der Waals surface area contributed by atoms with Gasteiger partial charge in [0.1, 0.15) is 5.60 Å². The van der Waals surface area contributed by atoms with Gasteiger partial charge in [-0.15, -0.1) is 0 Å². The molecule has 9 unspecified atom stereocenters. The van der Waals surface area contributed by atoms with Crippen LogP contribution in [0.5, 0.6) is 0 Å². The molecule has 3 heteroatoms. The van der Waals surface area contributed by atoms with Crippen molar-refractivity contribution in [3.8, 4) is 0 Å². The number of carbonyl (C=O) groups is 1. The molecule has 0 aliphatic heterocycles. The zero-order chi connectivity index (χ0) is 17.8. The van der Waals surface area contributed by atoms with Crippen molar-refractivity contribution in [3.05, 3.63) is 0 Å².